The van der Waals surface area contributed by atoms with E-state index in [1.54, 1.807) is 79.7 Å². The fourth-order valence-corrected chi connectivity index (χ4v) is 3.04. The van der Waals surface area contributed by atoms with Crippen molar-refractivity contribution in [3.63, 3.8) is 0 Å². The predicted octanol–water partition coefficient (Wildman–Crippen LogP) is 4.93. The maximum absolute atomic E-state index is 12.9. The summed E-state index contributed by atoms with van der Waals surface area (Å²) < 4.78 is 4.93. The van der Waals surface area contributed by atoms with Crippen LogP contribution >= 0.6 is 11.6 Å². The maximum atomic E-state index is 12.9. The number of halogens is 1. The number of hydrogen-bond acceptors (Lipinski definition) is 4. The first kappa shape index (κ1) is 21.3. The average molecular weight is 422 g/mol. The molecule has 0 aromatic heterocycles. The number of benzene rings is 3. The van der Waals surface area contributed by atoms with Crippen molar-refractivity contribution in [1.29, 1.82) is 0 Å². The van der Waals surface area contributed by atoms with Gasteiger partial charge in [-0.2, -0.15) is 0 Å². The Labute approximate surface area is 179 Å². The molecule has 152 valence electrons. The van der Waals surface area contributed by atoms with Gasteiger partial charge < -0.3 is 10.1 Å². The Kier molecular flexibility index (Phi) is 6.99. The Hall–Kier alpha value is -3.44. The number of carbonyl (C=O) groups excluding carboxylic acids is 3. The largest absolute Gasteiger partial charge is 0.466 e. The van der Waals surface area contributed by atoms with Crippen molar-refractivity contribution in [2.75, 3.05) is 11.9 Å². The molecule has 0 radical (unpaired) electrons. The van der Waals surface area contributed by atoms with E-state index in [4.69, 9.17) is 16.3 Å². The zero-order chi connectivity index (χ0) is 21.5. The van der Waals surface area contributed by atoms with Crippen molar-refractivity contribution < 1.29 is 19.1 Å². The van der Waals surface area contributed by atoms with Crippen molar-refractivity contribution in [3.8, 4) is 0 Å². The lowest BCUT2D eigenvalue weighted by atomic mass is 9.98. The Bertz CT molecular complexity index is 1060. The molecule has 3 aromatic rings. The number of nitrogens with one attached hydrogen (secondary N) is 1. The minimum absolute atomic E-state index is 0.167. The summed E-state index contributed by atoms with van der Waals surface area (Å²) in [7, 11) is 0. The van der Waals surface area contributed by atoms with Gasteiger partial charge in [0.1, 0.15) is 0 Å². The van der Waals surface area contributed by atoms with Gasteiger partial charge in [0, 0.05) is 21.8 Å². The zero-order valence-corrected chi connectivity index (χ0v) is 17.1. The van der Waals surface area contributed by atoms with Crippen molar-refractivity contribution >= 4 is 34.9 Å². The molecule has 0 aliphatic carbocycles. The molecule has 0 saturated carbocycles. The predicted molar refractivity (Wildman–Crippen MR) is 116 cm³/mol. The molecule has 3 aromatic carbocycles. The topological polar surface area (TPSA) is 72.5 Å². The summed E-state index contributed by atoms with van der Waals surface area (Å²) in [6.07, 6.45) is 0.167. The van der Waals surface area contributed by atoms with Crippen LogP contribution in [0.2, 0.25) is 5.02 Å². The molecular weight excluding hydrogens is 402 g/mol. The van der Waals surface area contributed by atoms with E-state index in [0.717, 1.165) is 5.56 Å². The molecular formula is C24H20ClNO4. The van der Waals surface area contributed by atoms with Gasteiger partial charge in [-0.3, -0.25) is 14.4 Å². The zero-order valence-electron chi connectivity index (χ0n) is 16.4. The first-order chi connectivity index (χ1) is 14.5. The molecule has 0 bridgehead atoms. The number of amides is 1. The molecule has 0 aliphatic heterocycles. The minimum atomic E-state index is -0.397. The molecule has 0 spiro atoms. The van der Waals surface area contributed by atoms with Crippen LogP contribution in [0.25, 0.3) is 0 Å². The van der Waals surface area contributed by atoms with Crippen molar-refractivity contribution in [3.05, 3.63) is 100 Å². The molecule has 6 heteroatoms. The van der Waals surface area contributed by atoms with E-state index in [2.05, 4.69) is 5.32 Å². The van der Waals surface area contributed by atoms with E-state index in [-0.39, 0.29) is 23.7 Å². The highest BCUT2D eigenvalue weighted by molar-refractivity contribution is 6.30. The number of anilines is 1. The van der Waals surface area contributed by atoms with Crippen LogP contribution in [-0.4, -0.2) is 24.3 Å². The highest BCUT2D eigenvalue weighted by Gasteiger charge is 2.18. The lowest BCUT2D eigenvalue weighted by Gasteiger charge is -2.10. The number of ether oxygens (including phenoxy) is 1. The molecule has 0 aliphatic rings. The van der Waals surface area contributed by atoms with Gasteiger partial charge in [-0.25, -0.2) is 0 Å². The lowest BCUT2D eigenvalue weighted by molar-refractivity contribution is -0.142. The van der Waals surface area contributed by atoms with E-state index in [9.17, 15) is 14.4 Å². The van der Waals surface area contributed by atoms with Crippen LogP contribution in [0.15, 0.2) is 72.8 Å². The molecule has 5 nitrogen and oxygen atoms in total. The third kappa shape index (κ3) is 5.33. The van der Waals surface area contributed by atoms with Gasteiger partial charge in [0.05, 0.1) is 18.6 Å². The van der Waals surface area contributed by atoms with E-state index >= 15 is 0 Å². The molecule has 0 saturated heterocycles. The van der Waals surface area contributed by atoms with Gasteiger partial charge in [-0.15, -0.1) is 0 Å². The van der Waals surface area contributed by atoms with Crippen molar-refractivity contribution in [2.24, 2.45) is 0 Å². The summed E-state index contributed by atoms with van der Waals surface area (Å²) in [4.78, 5) is 37.2. The monoisotopic (exact) mass is 421 g/mol. The van der Waals surface area contributed by atoms with Crippen LogP contribution in [-0.2, 0) is 16.0 Å². The standard InChI is InChI=1S/C24H20ClNO4/c1-2-30-22(27)15-16-7-13-19(14-8-16)26-24(29)21-6-4-3-5-20(21)23(28)17-9-11-18(25)12-10-17/h3-14H,2,15H2,1H3,(H,26,29). The second-order valence-corrected chi connectivity index (χ2v) is 6.95. The van der Waals surface area contributed by atoms with Gasteiger partial charge in [0.25, 0.3) is 5.91 Å². The van der Waals surface area contributed by atoms with Gasteiger partial charge in [0.15, 0.2) is 5.78 Å². The van der Waals surface area contributed by atoms with Crippen LogP contribution in [0, 0.1) is 0 Å². The number of ketones is 1. The second-order valence-electron chi connectivity index (χ2n) is 6.51. The maximum Gasteiger partial charge on any atom is 0.310 e. The van der Waals surface area contributed by atoms with Crippen molar-refractivity contribution in [1.82, 2.24) is 0 Å². The quantitative estimate of drug-likeness (QED) is 0.433. The molecule has 30 heavy (non-hydrogen) atoms. The minimum Gasteiger partial charge on any atom is -0.466 e. The number of carbonyl (C=O) groups is 3. The van der Waals surface area contributed by atoms with Gasteiger partial charge in [0.2, 0.25) is 0 Å². The molecule has 1 amide bonds. The smallest absolute Gasteiger partial charge is 0.310 e. The molecule has 0 fully saturated rings. The Morgan fingerprint density at radius 2 is 1.50 bits per heavy atom. The Morgan fingerprint density at radius 1 is 0.867 bits per heavy atom. The van der Waals surface area contributed by atoms with Crippen LogP contribution in [0.4, 0.5) is 5.69 Å². The van der Waals surface area contributed by atoms with E-state index in [1.807, 2.05) is 0 Å². The van der Waals surface area contributed by atoms with Gasteiger partial charge in [-0.05, 0) is 55.0 Å². The Balaban J connectivity index is 1.75. The molecule has 0 unspecified atom stereocenters. The second kappa shape index (κ2) is 9.85. The van der Waals surface area contributed by atoms with E-state index < -0.39 is 5.91 Å². The summed E-state index contributed by atoms with van der Waals surface area (Å²) in [5, 5.41) is 3.32. The van der Waals surface area contributed by atoms with Crippen LogP contribution in [0.5, 0.6) is 0 Å². The summed E-state index contributed by atoms with van der Waals surface area (Å²) >= 11 is 5.89. The highest BCUT2D eigenvalue weighted by Crippen LogP contribution is 2.19. The fourth-order valence-electron chi connectivity index (χ4n) is 2.92. The Morgan fingerprint density at radius 3 is 2.13 bits per heavy atom. The highest BCUT2D eigenvalue weighted by atomic mass is 35.5. The van der Waals surface area contributed by atoms with Crippen molar-refractivity contribution in [2.45, 2.75) is 13.3 Å². The SMILES string of the molecule is CCOC(=O)Cc1ccc(NC(=O)c2ccccc2C(=O)c2ccc(Cl)cc2)cc1. The van der Waals surface area contributed by atoms with E-state index in [1.165, 1.54) is 0 Å². The summed E-state index contributed by atoms with van der Waals surface area (Å²) in [6.45, 7) is 2.09. The molecule has 1 N–H and O–H groups in total. The first-order valence-corrected chi connectivity index (χ1v) is 9.81. The van der Waals surface area contributed by atoms with E-state index in [0.29, 0.717) is 28.4 Å². The molecule has 3 rings (SSSR count). The average Bonchev–Trinajstić information content (AvgIpc) is 2.75. The van der Waals surface area contributed by atoms with Crippen LogP contribution in [0.1, 0.15) is 38.8 Å². The summed E-state index contributed by atoms with van der Waals surface area (Å²) in [5.74, 6) is -0.961. The van der Waals surface area contributed by atoms with Crippen LogP contribution < -0.4 is 5.32 Å². The lowest BCUT2D eigenvalue weighted by Crippen LogP contribution is -2.17. The van der Waals surface area contributed by atoms with Gasteiger partial charge >= 0.3 is 5.97 Å². The summed E-state index contributed by atoms with van der Waals surface area (Å²) in [5.41, 5.74) is 2.36. The third-order valence-electron chi connectivity index (χ3n) is 4.39. The fraction of sp³-hybridized carbons (Fsp3) is 0.125. The molecule has 0 heterocycles. The number of rotatable bonds is 7. The molecule has 0 atom stereocenters. The third-order valence-corrected chi connectivity index (χ3v) is 4.64. The normalized spacial score (nSPS) is 10.3. The first-order valence-electron chi connectivity index (χ1n) is 9.43. The number of esters is 1. The van der Waals surface area contributed by atoms with Crippen LogP contribution in [0.3, 0.4) is 0 Å². The number of hydrogen-bond donors (Lipinski definition) is 1. The summed E-state index contributed by atoms with van der Waals surface area (Å²) in [6, 6.07) is 20.1. The van der Waals surface area contributed by atoms with Gasteiger partial charge in [-0.1, -0.05) is 41.9 Å².